The normalized spacial score (nSPS) is 12.7. The van der Waals surface area contributed by atoms with Gasteiger partial charge in [-0.1, -0.05) is 25.4 Å². The van der Waals surface area contributed by atoms with E-state index in [1.807, 2.05) is 26.2 Å². The van der Waals surface area contributed by atoms with Gasteiger partial charge in [0.05, 0.1) is 6.04 Å². The molecule has 0 radical (unpaired) electrons. The maximum Gasteiger partial charge on any atom is 0.135 e. The molecule has 0 aliphatic carbocycles. The van der Waals surface area contributed by atoms with Crippen LogP contribution in [0.25, 0.3) is 0 Å². The summed E-state index contributed by atoms with van der Waals surface area (Å²) in [6.45, 7) is 8.14. The maximum atomic E-state index is 6.02. The van der Waals surface area contributed by atoms with Gasteiger partial charge in [-0.15, -0.1) is 11.3 Å². The standard InChI is InChI=1S/C13H17ClN4S/c1-7(2)12-17-10(14)5-11(18-12)16-9(4)13-15-8(3)6-19-13/h5-7,9H,1-4H3,(H,16,17,18). The highest BCUT2D eigenvalue weighted by atomic mass is 35.5. The van der Waals surface area contributed by atoms with E-state index in [4.69, 9.17) is 11.6 Å². The molecule has 2 aromatic heterocycles. The van der Waals surface area contributed by atoms with Gasteiger partial charge in [-0.25, -0.2) is 15.0 Å². The van der Waals surface area contributed by atoms with Crippen LogP contribution in [0.4, 0.5) is 5.82 Å². The summed E-state index contributed by atoms with van der Waals surface area (Å²) in [5.41, 5.74) is 1.04. The number of rotatable bonds is 4. The Morgan fingerprint density at radius 1 is 1.21 bits per heavy atom. The third-order valence-corrected chi connectivity index (χ3v) is 3.94. The van der Waals surface area contributed by atoms with Crippen LogP contribution >= 0.6 is 22.9 Å². The van der Waals surface area contributed by atoms with Crippen LogP contribution in [0.3, 0.4) is 0 Å². The molecule has 19 heavy (non-hydrogen) atoms. The van der Waals surface area contributed by atoms with E-state index in [-0.39, 0.29) is 12.0 Å². The Morgan fingerprint density at radius 2 is 1.95 bits per heavy atom. The summed E-state index contributed by atoms with van der Waals surface area (Å²) in [5.74, 6) is 1.73. The van der Waals surface area contributed by atoms with Crippen molar-refractivity contribution in [2.75, 3.05) is 5.32 Å². The summed E-state index contributed by atoms with van der Waals surface area (Å²) >= 11 is 7.67. The predicted octanol–water partition coefficient (Wildman–Crippen LogP) is 4.19. The minimum atomic E-state index is 0.102. The van der Waals surface area contributed by atoms with Gasteiger partial charge in [-0.2, -0.15) is 0 Å². The molecule has 1 atom stereocenters. The third kappa shape index (κ3) is 3.64. The first kappa shape index (κ1) is 14.2. The summed E-state index contributed by atoms with van der Waals surface area (Å²) in [5, 5.41) is 6.86. The third-order valence-electron chi connectivity index (χ3n) is 2.60. The lowest BCUT2D eigenvalue weighted by molar-refractivity contribution is 0.767. The van der Waals surface area contributed by atoms with Crippen molar-refractivity contribution in [1.29, 1.82) is 0 Å². The minimum Gasteiger partial charge on any atom is -0.361 e. The van der Waals surface area contributed by atoms with Crippen molar-refractivity contribution in [3.05, 3.63) is 33.1 Å². The van der Waals surface area contributed by atoms with E-state index < -0.39 is 0 Å². The van der Waals surface area contributed by atoms with Gasteiger partial charge in [0.1, 0.15) is 21.8 Å². The number of aryl methyl sites for hydroxylation is 1. The lowest BCUT2D eigenvalue weighted by Gasteiger charge is -2.13. The fourth-order valence-corrected chi connectivity index (χ4v) is 2.62. The molecule has 0 aromatic carbocycles. The van der Waals surface area contributed by atoms with Crippen molar-refractivity contribution >= 4 is 28.8 Å². The molecule has 4 nitrogen and oxygen atoms in total. The molecule has 0 aliphatic rings. The van der Waals surface area contributed by atoms with E-state index in [1.165, 1.54) is 0 Å². The Hall–Kier alpha value is -1.20. The van der Waals surface area contributed by atoms with E-state index in [0.717, 1.165) is 22.3 Å². The first-order chi connectivity index (χ1) is 8.95. The van der Waals surface area contributed by atoms with Crippen molar-refractivity contribution in [2.24, 2.45) is 0 Å². The fourth-order valence-electron chi connectivity index (χ4n) is 1.62. The summed E-state index contributed by atoms with van der Waals surface area (Å²) in [6.07, 6.45) is 0. The van der Waals surface area contributed by atoms with E-state index in [1.54, 1.807) is 17.4 Å². The van der Waals surface area contributed by atoms with Gasteiger partial charge in [-0.3, -0.25) is 0 Å². The van der Waals surface area contributed by atoms with Gasteiger partial charge in [0.15, 0.2) is 0 Å². The summed E-state index contributed by atoms with van der Waals surface area (Å²) < 4.78 is 0. The molecule has 0 saturated heterocycles. The smallest absolute Gasteiger partial charge is 0.135 e. The number of nitrogens with one attached hydrogen (secondary N) is 1. The van der Waals surface area contributed by atoms with Crippen molar-refractivity contribution in [3.63, 3.8) is 0 Å². The largest absolute Gasteiger partial charge is 0.361 e. The highest BCUT2D eigenvalue weighted by Crippen LogP contribution is 2.23. The Morgan fingerprint density at radius 3 is 2.53 bits per heavy atom. The van der Waals surface area contributed by atoms with Crippen LogP contribution in [0.2, 0.25) is 5.15 Å². The van der Waals surface area contributed by atoms with E-state index in [0.29, 0.717) is 5.15 Å². The molecule has 102 valence electrons. The Balaban J connectivity index is 2.18. The van der Waals surface area contributed by atoms with Gasteiger partial charge >= 0.3 is 0 Å². The van der Waals surface area contributed by atoms with Crippen molar-refractivity contribution in [1.82, 2.24) is 15.0 Å². The molecule has 0 aliphatic heterocycles. The molecule has 0 spiro atoms. The van der Waals surface area contributed by atoms with Crippen LogP contribution in [-0.2, 0) is 0 Å². The van der Waals surface area contributed by atoms with Gasteiger partial charge in [-0.05, 0) is 13.8 Å². The lowest BCUT2D eigenvalue weighted by Crippen LogP contribution is -2.10. The number of hydrogen-bond donors (Lipinski definition) is 1. The molecular weight excluding hydrogens is 280 g/mol. The Labute approximate surface area is 122 Å². The molecule has 0 saturated carbocycles. The number of halogens is 1. The molecule has 2 aromatic rings. The fraction of sp³-hybridized carbons (Fsp3) is 0.462. The number of anilines is 1. The molecular formula is C13H17ClN4S. The van der Waals surface area contributed by atoms with Gasteiger partial charge in [0, 0.05) is 23.1 Å². The SMILES string of the molecule is Cc1csc(C(C)Nc2cc(Cl)nc(C(C)C)n2)n1. The summed E-state index contributed by atoms with van der Waals surface area (Å²) in [6, 6.07) is 1.84. The van der Waals surface area contributed by atoms with Crippen molar-refractivity contribution in [2.45, 2.75) is 39.7 Å². The molecule has 2 heterocycles. The monoisotopic (exact) mass is 296 g/mol. The zero-order chi connectivity index (χ0) is 14.0. The second-order valence-corrected chi connectivity index (χ2v) is 6.06. The molecule has 0 fully saturated rings. The zero-order valence-corrected chi connectivity index (χ0v) is 13.0. The molecule has 1 N–H and O–H groups in total. The quantitative estimate of drug-likeness (QED) is 0.860. The van der Waals surface area contributed by atoms with Crippen LogP contribution in [0.1, 0.15) is 49.3 Å². The number of hydrogen-bond acceptors (Lipinski definition) is 5. The van der Waals surface area contributed by atoms with E-state index >= 15 is 0 Å². The highest BCUT2D eigenvalue weighted by molar-refractivity contribution is 7.09. The predicted molar refractivity (Wildman–Crippen MR) is 80.0 cm³/mol. The Kier molecular flexibility index (Phi) is 4.37. The van der Waals surface area contributed by atoms with Crippen LogP contribution in [0.15, 0.2) is 11.4 Å². The second-order valence-electron chi connectivity index (χ2n) is 4.78. The molecule has 0 amide bonds. The van der Waals surface area contributed by atoms with Gasteiger partial charge in [0.2, 0.25) is 0 Å². The van der Waals surface area contributed by atoms with E-state index in [9.17, 15) is 0 Å². The molecule has 6 heteroatoms. The number of nitrogens with zero attached hydrogens (tertiary/aromatic N) is 3. The van der Waals surface area contributed by atoms with E-state index in [2.05, 4.69) is 27.2 Å². The first-order valence-corrected chi connectivity index (χ1v) is 7.44. The molecule has 2 rings (SSSR count). The van der Waals surface area contributed by atoms with Gasteiger partial charge in [0.25, 0.3) is 0 Å². The van der Waals surface area contributed by atoms with Crippen LogP contribution in [0.5, 0.6) is 0 Å². The van der Waals surface area contributed by atoms with Gasteiger partial charge < -0.3 is 5.32 Å². The molecule has 1 unspecified atom stereocenters. The molecule has 0 bridgehead atoms. The van der Waals surface area contributed by atoms with Crippen molar-refractivity contribution < 1.29 is 0 Å². The topological polar surface area (TPSA) is 50.7 Å². The summed E-state index contributed by atoms with van der Waals surface area (Å²) in [7, 11) is 0. The number of thiazole rings is 1. The van der Waals surface area contributed by atoms with Crippen LogP contribution < -0.4 is 5.32 Å². The lowest BCUT2D eigenvalue weighted by atomic mass is 10.2. The first-order valence-electron chi connectivity index (χ1n) is 6.18. The minimum absolute atomic E-state index is 0.102. The zero-order valence-electron chi connectivity index (χ0n) is 11.4. The van der Waals surface area contributed by atoms with Crippen LogP contribution in [0, 0.1) is 6.92 Å². The number of aromatic nitrogens is 3. The maximum absolute atomic E-state index is 6.02. The summed E-state index contributed by atoms with van der Waals surface area (Å²) in [4.78, 5) is 13.2. The average molecular weight is 297 g/mol. The second kappa shape index (κ2) is 5.84. The average Bonchev–Trinajstić information content (AvgIpc) is 2.75. The highest BCUT2D eigenvalue weighted by Gasteiger charge is 2.12. The Bertz CT molecular complexity index is 568. The van der Waals surface area contributed by atoms with Crippen molar-refractivity contribution in [3.8, 4) is 0 Å². The van der Waals surface area contributed by atoms with Crippen LogP contribution in [-0.4, -0.2) is 15.0 Å².